The third-order valence-electron chi connectivity index (χ3n) is 3.21. The lowest BCUT2D eigenvalue weighted by molar-refractivity contribution is 0.503. The first-order valence-corrected chi connectivity index (χ1v) is 5.39. The second kappa shape index (κ2) is 3.73. The van der Waals surface area contributed by atoms with Crippen molar-refractivity contribution in [3.05, 3.63) is 18.2 Å². The zero-order valence-corrected chi connectivity index (χ0v) is 9.20. The van der Waals surface area contributed by atoms with Gasteiger partial charge in [-0.05, 0) is 31.7 Å². The van der Waals surface area contributed by atoms with Gasteiger partial charge in [0.05, 0.1) is 6.04 Å². The zero-order valence-electron chi connectivity index (χ0n) is 9.20. The maximum Gasteiger partial charge on any atom is 0.125 e. The molecule has 1 fully saturated rings. The topological polar surface area (TPSA) is 29.9 Å². The molecule has 3 atom stereocenters. The molecule has 0 radical (unpaired) electrons. The Bertz CT molecular complexity index is 305. The van der Waals surface area contributed by atoms with E-state index in [1.165, 1.54) is 6.42 Å². The molecule has 3 nitrogen and oxygen atoms in total. The summed E-state index contributed by atoms with van der Waals surface area (Å²) in [6.45, 7) is 5.63. The van der Waals surface area contributed by atoms with E-state index in [0.29, 0.717) is 6.04 Å². The Morgan fingerprint density at radius 3 is 2.93 bits per heavy atom. The normalized spacial score (nSPS) is 27.6. The molecule has 0 saturated heterocycles. The Kier molecular flexibility index (Phi) is 2.59. The smallest absolute Gasteiger partial charge is 0.125 e. The summed E-state index contributed by atoms with van der Waals surface area (Å²) in [5, 5.41) is 3.53. The third-order valence-corrected chi connectivity index (χ3v) is 3.21. The minimum atomic E-state index is 0.364. The standard InChI is InChI=1S/C11H19N3/c1-8-6-10(8)7-13-9(2)11-12-4-5-14(11)3/h4-5,8-10,13H,6-7H2,1-3H3. The molecule has 14 heavy (non-hydrogen) atoms. The fourth-order valence-corrected chi connectivity index (χ4v) is 1.90. The molecule has 0 amide bonds. The molecule has 0 spiro atoms. The summed E-state index contributed by atoms with van der Waals surface area (Å²) in [6, 6.07) is 0.364. The molecule has 3 heteroatoms. The van der Waals surface area contributed by atoms with E-state index in [1.807, 2.05) is 19.4 Å². The minimum absolute atomic E-state index is 0.364. The first-order valence-electron chi connectivity index (χ1n) is 5.39. The average Bonchev–Trinajstić information content (AvgIpc) is 2.67. The van der Waals surface area contributed by atoms with Crippen LogP contribution in [0.3, 0.4) is 0 Å². The molecule has 1 saturated carbocycles. The van der Waals surface area contributed by atoms with Crippen LogP contribution in [-0.4, -0.2) is 16.1 Å². The lowest BCUT2D eigenvalue weighted by Gasteiger charge is -2.13. The molecule has 1 aromatic rings. The van der Waals surface area contributed by atoms with Crippen LogP contribution in [0.4, 0.5) is 0 Å². The number of nitrogens with one attached hydrogen (secondary N) is 1. The van der Waals surface area contributed by atoms with E-state index in [9.17, 15) is 0 Å². The van der Waals surface area contributed by atoms with Gasteiger partial charge in [0.1, 0.15) is 5.82 Å². The molecular weight excluding hydrogens is 174 g/mol. The van der Waals surface area contributed by atoms with Gasteiger partial charge in [0.2, 0.25) is 0 Å². The Labute approximate surface area is 85.5 Å². The van der Waals surface area contributed by atoms with Crippen molar-refractivity contribution in [1.29, 1.82) is 0 Å². The molecule has 0 aromatic carbocycles. The van der Waals surface area contributed by atoms with Crippen molar-refractivity contribution in [2.75, 3.05) is 6.54 Å². The van der Waals surface area contributed by atoms with E-state index >= 15 is 0 Å². The van der Waals surface area contributed by atoms with Gasteiger partial charge >= 0.3 is 0 Å². The van der Waals surface area contributed by atoms with Crippen molar-refractivity contribution in [2.45, 2.75) is 26.3 Å². The summed E-state index contributed by atoms with van der Waals surface area (Å²) in [5.74, 6) is 2.95. The van der Waals surface area contributed by atoms with Crippen molar-refractivity contribution in [1.82, 2.24) is 14.9 Å². The van der Waals surface area contributed by atoms with Crippen LogP contribution in [-0.2, 0) is 7.05 Å². The number of hydrogen-bond acceptors (Lipinski definition) is 2. The SMILES string of the molecule is CC(NCC1CC1C)c1nccn1C. The summed E-state index contributed by atoms with van der Waals surface area (Å²) < 4.78 is 2.08. The van der Waals surface area contributed by atoms with Gasteiger partial charge in [-0.15, -0.1) is 0 Å². The van der Waals surface area contributed by atoms with Gasteiger partial charge in [0.25, 0.3) is 0 Å². The van der Waals surface area contributed by atoms with Crippen molar-refractivity contribution in [2.24, 2.45) is 18.9 Å². The van der Waals surface area contributed by atoms with Crippen molar-refractivity contribution >= 4 is 0 Å². The van der Waals surface area contributed by atoms with Crippen LogP contribution >= 0.6 is 0 Å². The minimum Gasteiger partial charge on any atom is -0.337 e. The van der Waals surface area contributed by atoms with Gasteiger partial charge in [-0.3, -0.25) is 0 Å². The van der Waals surface area contributed by atoms with Crippen LogP contribution in [0.15, 0.2) is 12.4 Å². The van der Waals surface area contributed by atoms with Crippen LogP contribution in [0.5, 0.6) is 0 Å². The number of rotatable bonds is 4. The van der Waals surface area contributed by atoms with Gasteiger partial charge < -0.3 is 9.88 Å². The van der Waals surface area contributed by atoms with Gasteiger partial charge in [-0.1, -0.05) is 6.92 Å². The molecule has 1 aliphatic rings. The van der Waals surface area contributed by atoms with E-state index in [-0.39, 0.29) is 0 Å². The Balaban J connectivity index is 1.83. The largest absolute Gasteiger partial charge is 0.337 e. The third kappa shape index (κ3) is 1.98. The highest BCUT2D eigenvalue weighted by Gasteiger charge is 2.32. The van der Waals surface area contributed by atoms with Crippen LogP contribution in [0.1, 0.15) is 32.1 Å². The molecule has 1 aromatic heterocycles. The molecular formula is C11H19N3. The molecule has 3 unspecified atom stereocenters. The lowest BCUT2D eigenvalue weighted by Crippen LogP contribution is -2.23. The first kappa shape index (κ1) is 9.71. The van der Waals surface area contributed by atoms with Crippen LogP contribution in [0, 0.1) is 11.8 Å². The van der Waals surface area contributed by atoms with Gasteiger partial charge in [-0.2, -0.15) is 0 Å². The summed E-state index contributed by atoms with van der Waals surface area (Å²) in [6.07, 6.45) is 5.24. The second-order valence-corrected chi connectivity index (χ2v) is 4.50. The summed E-state index contributed by atoms with van der Waals surface area (Å²) >= 11 is 0. The van der Waals surface area contributed by atoms with Crippen LogP contribution in [0.2, 0.25) is 0 Å². The molecule has 2 rings (SSSR count). The maximum atomic E-state index is 4.33. The molecule has 1 aliphatic carbocycles. The fourth-order valence-electron chi connectivity index (χ4n) is 1.90. The molecule has 0 aliphatic heterocycles. The van der Waals surface area contributed by atoms with Gasteiger partial charge in [-0.25, -0.2) is 4.98 Å². The predicted molar refractivity (Wildman–Crippen MR) is 56.9 cm³/mol. The highest BCUT2D eigenvalue weighted by atomic mass is 15.1. The molecule has 1 N–H and O–H groups in total. The van der Waals surface area contributed by atoms with E-state index in [4.69, 9.17) is 0 Å². The molecule has 0 bridgehead atoms. The summed E-state index contributed by atoms with van der Waals surface area (Å²) in [7, 11) is 2.04. The first-order chi connectivity index (χ1) is 6.68. The van der Waals surface area contributed by atoms with Gasteiger partial charge in [0.15, 0.2) is 0 Å². The average molecular weight is 193 g/mol. The maximum absolute atomic E-state index is 4.33. The number of nitrogens with zero attached hydrogens (tertiary/aromatic N) is 2. The molecule has 78 valence electrons. The number of imidazole rings is 1. The monoisotopic (exact) mass is 193 g/mol. The Morgan fingerprint density at radius 2 is 2.43 bits per heavy atom. The second-order valence-electron chi connectivity index (χ2n) is 4.50. The van der Waals surface area contributed by atoms with Crippen molar-refractivity contribution in [3.8, 4) is 0 Å². The van der Waals surface area contributed by atoms with E-state index in [1.54, 1.807) is 0 Å². The molecule has 1 heterocycles. The van der Waals surface area contributed by atoms with Gasteiger partial charge in [0, 0.05) is 19.4 Å². The highest BCUT2D eigenvalue weighted by Crippen LogP contribution is 2.37. The van der Waals surface area contributed by atoms with E-state index in [2.05, 4.69) is 28.7 Å². The zero-order chi connectivity index (χ0) is 10.1. The number of aromatic nitrogens is 2. The van der Waals surface area contributed by atoms with E-state index in [0.717, 1.165) is 24.2 Å². The number of aryl methyl sites for hydroxylation is 1. The lowest BCUT2D eigenvalue weighted by atomic mass is 10.2. The van der Waals surface area contributed by atoms with Crippen LogP contribution in [0.25, 0.3) is 0 Å². The van der Waals surface area contributed by atoms with Crippen LogP contribution < -0.4 is 5.32 Å². The Morgan fingerprint density at radius 1 is 1.71 bits per heavy atom. The van der Waals surface area contributed by atoms with E-state index < -0.39 is 0 Å². The quantitative estimate of drug-likeness (QED) is 0.789. The Hall–Kier alpha value is -0.830. The predicted octanol–water partition coefficient (Wildman–Crippen LogP) is 1.73. The van der Waals surface area contributed by atoms with Crippen molar-refractivity contribution in [3.63, 3.8) is 0 Å². The number of hydrogen-bond donors (Lipinski definition) is 1. The summed E-state index contributed by atoms with van der Waals surface area (Å²) in [5.41, 5.74) is 0. The van der Waals surface area contributed by atoms with Crippen molar-refractivity contribution < 1.29 is 0 Å². The summed E-state index contributed by atoms with van der Waals surface area (Å²) in [4.78, 5) is 4.33. The fraction of sp³-hybridized carbons (Fsp3) is 0.727. The highest BCUT2D eigenvalue weighted by molar-refractivity contribution is 4.97.